The van der Waals surface area contributed by atoms with E-state index in [0.717, 1.165) is 21.4 Å². The second-order valence-corrected chi connectivity index (χ2v) is 5.38. The van der Waals surface area contributed by atoms with Crippen LogP contribution in [-0.4, -0.2) is 19.9 Å². The summed E-state index contributed by atoms with van der Waals surface area (Å²) in [5, 5.41) is 0.870. The Kier molecular flexibility index (Phi) is 3.28. The van der Waals surface area contributed by atoms with Crippen molar-refractivity contribution in [3.8, 4) is 5.75 Å². The predicted octanol–water partition coefficient (Wildman–Crippen LogP) is 3.55. The van der Waals surface area contributed by atoms with Gasteiger partial charge in [-0.1, -0.05) is 11.8 Å². The molecule has 0 fully saturated rings. The standard InChI is InChI=1S/C15H13NO3S/c1-16-11-6-5-10(18-2)8-14(11)20-15(16)9-12(17)13-4-3-7-19-13/h3-9H,1-2H3/b15-9-. The molecule has 0 spiro atoms. The normalized spacial score (nSPS) is 15.5. The second kappa shape index (κ2) is 5.09. The number of carbonyl (C=O) groups is 1. The Morgan fingerprint density at radius 3 is 2.95 bits per heavy atom. The minimum atomic E-state index is -0.135. The number of benzene rings is 1. The van der Waals surface area contributed by atoms with E-state index in [1.165, 1.54) is 6.26 Å². The lowest BCUT2D eigenvalue weighted by atomic mass is 10.2. The van der Waals surface area contributed by atoms with Crippen molar-refractivity contribution in [1.29, 1.82) is 0 Å². The highest BCUT2D eigenvalue weighted by Gasteiger charge is 2.23. The molecule has 5 heteroatoms. The third-order valence-corrected chi connectivity index (χ3v) is 4.24. The smallest absolute Gasteiger partial charge is 0.223 e. The van der Waals surface area contributed by atoms with E-state index >= 15 is 0 Å². The Bertz CT molecular complexity index is 676. The summed E-state index contributed by atoms with van der Waals surface area (Å²) in [5.74, 6) is 1.02. The Morgan fingerprint density at radius 2 is 2.25 bits per heavy atom. The highest BCUT2D eigenvalue weighted by Crippen LogP contribution is 2.46. The first-order valence-corrected chi connectivity index (χ1v) is 6.90. The van der Waals surface area contributed by atoms with Gasteiger partial charge < -0.3 is 14.1 Å². The molecule has 1 aliphatic rings. The van der Waals surface area contributed by atoms with Crippen molar-refractivity contribution in [2.24, 2.45) is 0 Å². The van der Waals surface area contributed by atoms with Crippen LogP contribution < -0.4 is 9.64 Å². The maximum absolute atomic E-state index is 12.0. The van der Waals surface area contributed by atoms with Crippen molar-refractivity contribution in [2.75, 3.05) is 19.1 Å². The van der Waals surface area contributed by atoms with Crippen molar-refractivity contribution in [3.63, 3.8) is 0 Å². The first kappa shape index (κ1) is 12.9. The summed E-state index contributed by atoms with van der Waals surface area (Å²) in [7, 11) is 3.58. The number of methoxy groups -OCH3 is 1. The highest BCUT2D eigenvalue weighted by atomic mass is 32.2. The first-order valence-electron chi connectivity index (χ1n) is 6.08. The molecule has 0 N–H and O–H groups in total. The second-order valence-electron chi connectivity index (χ2n) is 4.32. The van der Waals surface area contributed by atoms with Gasteiger partial charge in [-0.3, -0.25) is 4.79 Å². The van der Waals surface area contributed by atoms with Crippen molar-refractivity contribution < 1.29 is 13.9 Å². The van der Waals surface area contributed by atoms with Crippen molar-refractivity contribution in [3.05, 3.63) is 53.5 Å². The van der Waals surface area contributed by atoms with E-state index < -0.39 is 0 Å². The first-order chi connectivity index (χ1) is 9.69. The molecule has 0 saturated heterocycles. The molecule has 1 aliphatic heterocycles. The number of allylic oxidation sites excluding steroid dienone is 1. The van der Waals surface area contributed by atoms with Crippen molar-refractivity contribution in [1.82, 2.24) is 0 Å². The van der Waals surface area contributed by atoms with Crippen LogP contribution in [0.1, 0.15) is 10.6 Å². The van der Waals surface area contributed by atoms with Crippen LogP contribution >= 0.6 is 11.8 Å². The van der Waals surface area contributed by atoms with E-state index in [2.05, 4.69) is 0 Å². The fourth-order valence-electron chi connectivity index (χ4n) is 2.01. The van der Waals surface area contributed by atoms with Gasteiger partial charge in [-0.25, -0.2) is 0 Å². The van der Waals surface area contributed by atoms with Gasteiger partial charge in [-0.05, 0) is 30.3 Å². The molecular formula is C15H13NO3S. The minimum Gasteiger partial charge on any atom is -0.497 e. The predicted molar refractivity (Wildman–Crippen MR) is 78.4 cm³/mol. The molecule has 4 nitrogen and oxygen atoms in total. The third-order valence-electron chi connectivity index (χ3n) is 3.09. The van der Waals surface area contributed by atoms with Gasteiger partial charge in [-0.15, -0.1) is 0 Å². The molecule has 102 valence electrons. The van der Waals surface area contributed by atoms with E-state index in [0.29, 0.717) is 5.76 Å². The number of hydrogen-bond donors (Lipinski definition) is 0. The van der Waals surface area contributed by atoms with E-state index in [4.69, 9.17) is 9.15 Å². The number of rotatable bonds is 3. The number of carbonyl (C=O) groups excluding carboxylic acids is 1. The van der Waals surface area contributed by atoms with Crippen LogP contribution in [0.2, 0.25) is 0 Å². The number of ketones is 1. The number of ether oxygens (including phenoxy) is 1. The summed E-state index contributed by atoms with van der Waals surface area (Å²) in [4.78, 5) is 15.1. The molecule has 1 aromatic heterocycles. The zero-order valence-electron chi connectivity index (χ0n) is 11.1. The summed E-state index contributed by atoms with van der Waals surface area (Å²) in [6.45, 7) is 0. The van der Waals surface area contributed by atoms with Gasteiger partial charge in [0.1, 0.15) is 5.75 Å². The zero-order chi connectivity index (χ0) is 14.1. The van der Waals surface area contributed by atoms with E-state index in [9.17, 15) is 4.79 Å². The van der Waals surface area contributed by atoms with Gasteiger partial charge in [0.05, 0.1) is 24.1 Å². The monoisotopic (exact) mass is 287 g/mol. The number of furan rings is 1. The lowest BCUT2D eigenvalue weighted by molar-refractivity contribution is 0.102. The lowest BCUT2D eigenvalue weighted by Crippen LogP contribution is -2.11. The lowest BCUT2D eigenvalue weighted by Gasteiger charge is -2.13. The molecule has 20 heavy (non-hydrogen) atoms. The van der Waals surface area contributed by atoms with Gasteiger partial charge in [0, 0.05) is 18.0 Å². The average molecular weight is 287 g/mol. The molecule has 1 aromatic carbocycles. The number of thioether (sulfide) groups is 1. The van der Waals surface area contributed by atoms with Crippen LogP contribution in [0.25, 0.3) is 0 Å². The van der Waals surface area contributed by atoms with Crippen LogP contribution in [0.3, 0.4) is 0 Å². The van der Waals surface area contributed by atoms with Crippen LogP contribution in [0.15, 0.2) is 57.0 Å². The molecule has 0 atom stereocenters. The van der Waals surface area contributed by atoms with E-state index in [1.54, 1.807) is 37.1 Å². The van der Waals surface area contributed by atoms with Crippen LogP contribution in [0, 0.1) is 0 Å². The Labute approximate surface area is 121 Å². The van der Waals surface area contributed by atoms with Crippen LogP contribution in [0.5, 0.6) is 5.75 Å². The van der Waals surface area contributed by atoms with E-state index in [-0.39, 0.29) is 5.78 Å². The Balaban J connectivity index is 1.89. The van der Waals surface area contributed by atoms with Gasteiger partial charge in [0.2, 0.25) is 5.78 Å². The number of nitrogens with zero attached hydrogens (tertiary/aromatic N) is 1. The summed E-state index contributed by atoms with van der Waals surface area (Å²) in [6, 6.07) is 9.23. The molecular weight excluding hydrogens is 274 g/mol. The van der Waals surface area contributed by atoms with Gasteiger partial charge in [0.25, 0.3) is 0 Å². The molecule has 0 saturated carbocycles. The molecule has 0 amide bonds. The number of fused-ring (bicyclic) bond motifs is 1. The molecule has 3 rings (SSSR count). The summed E-state index contributed by atoms with van der Waals surface area (Å²) < 4.78 is 10.3. The maximum atomic E-state index is 12.0. The van der Waals surface area contributed by atoms with Gasteiger partial charge >= 0.3 is 0 Å². The summed E-state index contributed by atoms with van der Waals surface area (Å²) in [6.07, 6.45) is 3.09. The topological polar surface area (TPSA) is 42.7 Å². The zero-order valence-corrected chi connectivity index (χ0v) is 11.9. The summed E-state index contributed by atoms with van der Waals surface area (Å²) in [5.41, 5.74) is 1.06. The molecule has 0 bridgehead atoms. The average Bonchev–Trinajstić information content (AvgIpc) is 3.08. The minimum absolute atomic E-state index is 0.135. The van der Waals surface area contributed by atoms with Crippen LogP contribution in [0.4, 0.5) is 5.69 Å². The quantitative estimate of drug-likeness (QED) is 0.638. The Morgan fingerprint density at radius 1 is 1.40 bits per heavy atom. The van der Waals surface area contributed by atoms with Crippen LogP contribution in [-0.2, 0) is 0 Å². The molecule has 2 heterocycles. The van der Waals surface area contributed by atoms with Gasteiger partial charge in [-0.2, -0.15) is 0 Å². The fraction of sp³-hybridized carbons (Fsp3) is 0.133. The molecule has 0 radical (unpaired) electrons. The van der Waals surface area contributed by atoms with Gasteiger partial charge in [0.15, 0.2) is 5.76 Å². The largest absolute Gasteiger partial charge is 0.497 e. The third kappa shape index (κ3) is 2.20. The Hall–Kier alpha value is -2.14. The van der Waals surface area contributed by atoms with Crippen molar-refractivity contribution >= 4 is 23.2 Å². The maximum Gasteiger partial charge on any atom is 0.223 e. The molecule has 2 aromatic rings. The van der Waals surface area contributed by atoms with Crippen molar-refractivity contribution in [2.45, 2.75) is 4.90 Å². The highest BCUT2D eigenvalue weighted by molar-refractivity contribution is 8.03. The molecule has 0 unspecified atom stereocenters. The number of anilines is 1. The van der Waals surface area contributed by atoms with E-state index in [1.807, 2.05) is 30.1 Å². The summed E-state index contributed by atoms with van der Waals surface area (Å²) >= 11 is 1.54. The SMILES string of the molecule is COc1ccc2c(c1)S/C(=C\C(=O)c1ccco1)N2C. The molecule has 0 aliphatic carbocycles. The fourth-order valence-corrected chi connectivity index (χ4v) is 3.12. The number of hydrogen-bond acceptors (Lipinski definition) is 5.